The zero-order valence-electron chi connectivity index (χ0n) is 20.7. The maximum atomic E-state index is 13.7. The Morgan fingerprint density at radius 3 is 2.69 bits per heavy atom. The second-order valence-corrected chi connectivity index (χ2v) is 12.2. The number of hydrogen-bond donors (Lipinski definition) is 0. The molecule has 39 heavy (non-hydrogen) atoms. The van der Waals surface area contributed by atoms with Crippen LogP contribution in [0.25, 0.3) is 6.08 Å². The Morgan fingerprint density at radius 1 is 1.18 bits per heavy atom. The molecule has 0 N–H and O–H groups in total. The van der Waals surface area contributed by atoms with E-state index in [9.17, 15) is 9.59 Å². The van der Waals surface area contributed by atoms with E-state index in [0.717, 1.165) is 20.5 Å². The van der Waals surface area contributed by atoms with Crippen molar-refractivity contribution in [2.45, 2.75) is 26.5 Å². The van der Waals surface area contributed by atoms with Crippen molar-refractivity contribution >= 4 is 73.9 Å². The number of ether oxygens (including phenoxy) is 2. The molecule has 5 rings (SSSR count). The lowest BCUT2D eigenvalue weighted by molar-refractivity contribution is -0.139. The van der Waals surface area contributed by atoms with Gasteiger partial charge in [-0.3, -0.25) is 9.36 Å². The van der Waals surface area contributed by atoms with Gasteiger partial charge in [-0.05, 0) is 82.7 Å². The second kappa shape index (κ2) is 11.8. The molecule has 200 valence electrons. The van der Waals surface area contributed by atoms with Crippen LogP contribution in [0.1, 0.15) is 35.9 Å². The van der Waals surface area contributed by atoms with Gasteiger partial charge in [-0.25, -0.2) is 9.79 Å². The van der Waals surface area contributed by atoms with Crippen LogP contribution in [0.2, 0.25) is 10.0 Å². The molecule has 2 aromatic carbocycles. The van der Waals surface area contributed by atoms with E-state index in [4.69, 9.17) is 32.7 Å². The summed E-state index contributed by atoms with van der Waals surface area (Å²) in [6, 6.07) is 14.2. The highest BCUT2D eigenvalue weighted by Gasteiger charge is 2.33. The molecule has 0 amide bonds. The quantitative estimate of drug-likeness (QED) is 0.212. The molecule has 3 heterocycles. The predicted octanol–water partition coefficient (Wildman–Crippen LogP) is 6.51. The Hall–Kier alpha value is -2.69. The van der Waals surface area contributed by atoms with Crippen LogP contribution in [0, 0.1) is 0 Å². The Bertz CT molecular complexity index is 1780. The maximum Gasteiger partial charge on any atom is 0.338 e. The topological polar surface area (TPSA) is 69.9 Å². The van der Waals surface area contributed by atoms with E-state index >= 15 is 0 Å². The molecule has 4 aromatic rings. The molecule has 2 aromatic heterocycles. The molecule has 0 fully saturated rings. The number of benzene rings is 2. The van der Waals surface area contributed by atoms with Crippen LogP contribution in [0.3, 0.4) is 0 Å². The lowest BCUT2D eigenvalue weighted by atomic mass is 10.0. The number of esters is 1. The van der Waals surface area contributed by atoms with Crippen LogP contribution >= 0.6 is 61.8 Å². The summed E-state index contributed by atoms with van der Waals surface area (Å²) < 4.78 is 14.1. The maximum absolute atomic E-state index is 13.7. The van der Waals surface area contributed by atoms with Crippen molar-refractivity contribution < 1.29 is 14.3 Å². The molecule has 0 bridgehead atoms. The number of allylic oxidation sites excluding steroid dienone is 1. The standard InChI is InChI=1S/C28H21BrCl2N2O4S2/c1-3-36-27(35)24-15(2)32-28-33(25(24)22-5-4-10-38-22)26(34)23(39-28)13-16-7-9-21(18(29)11-16)37-14-17-6-8-19(30)20(31)12-17/h4-13,25H,3,14H2,1-2H3/b23-13-/t25-/m0/s1. The van der Waals surface area contributed by atoms with Gasteiger partial charge in [0.1, 0.15) is 18.4 Å². The van der Waals surface area contributed by atoms with E-state index in [0.29, 0.717) is 43.0 Å². The normalized spacial score (nSPS) is 15.2. The molecular formula is C28H21BrCl2N2O4S2. The third-order valence-electron chi connectivity index (χ3n) is 5.96. The van der Waals surface area contributed by atoms with Gasteiger partial charge >= 0.3 is 5.97 Å². The highest BCUT2D eigenvalue weighted by Crippen LogP contribution is 2.33. The fraction of sp³-hybridized carbons (Fsp3) is 0.179. The summed E-state index contributed by atoms with van der Waals surface area (Å²) in [6.07, 6.45) is 1.81. The van der Waals surface area contributed by atoms with Gasteiger partial charge in [-0.1, -0.05) is 52.7 Å². The Morgan fingerprint density at radius 2 is 2.00 bits per heavy atom. The number of thiazole rings is 1. The third kappa shape index (κ3) is 5.78. The number of rotatable bonds is 7. The monoisotopic (exact) mass is 662 g/mol. The van der Waals surface area contributed by atoms with E-state index in [2.05, 4.69) is 20.9 Å². The lowest BCUT2D eigenvalue weighted by Crippen LogP contribution is -2.39. The summed E-state index contributed by atoms with van der Waals surface area (Å²) in [4.78, 5) is 32.6. The first-order valence-electron chi connectivity index (χ1n) is 11.9. The third-order valence-corrected chi connectivity index (χ3v) is 9.23. The fourth-order valence-electron chi connectivity index (χ4n) is 4.17. The number of halogens is 3. The molecule has 1 atom stereocenters. The van der Waals surface area contributed by atoms with Crippen LogP contribution in [0.5, 0.6) is 5.75 Å². The van der Waals surface area contributed by atoms with Gasteiger partial charge in [0.25, 0.3) is 5.56 Å². The largest absolute Gasteiger partial charge is 0.488 e. The number of hydrogen-bond acceptors (Lipinski definition) is 7. The molecule has 0 radical (unpaired) electrons. The van der Waals surface area contributed by atoms with Gasteiger partial charge < -0.3 is 9.47 Å². The minimum atomic E-state index is -0.591. The van der Waals surface area contributed by atoms with Gasteiger partial charge in [-0.2, -0.15) is 0 Å². The number of nitrogens with zero attached hydrogens (tertiary/aromatic N) is 2. The van der Waals surface area contributed by atoms with Crippen molar-refractivity contribution in [3.8, 4) is 5.75 Å². The van der Waals surface area contributed by atoms with E-state index in [-0.39, 0.29) is 12.2 Å². The van der Waals surface area contributed by atoms with Crippen LogP contribution in [-0.2, 0) is 16.1 Å². The minimum Gasteiger partial charge on any atom is -0.488 e. The van der Waals surface area contributed by atoms with E-state index in [1.54, 1.807) is 30.5 Å². The Kier molecular flexibility index (Phi) is 8.44. The molecule has 0 aliphatic carbocycles. The molecule has 1 aliphatic rings. The van der Waals surface area contributed by atoms with E-state index in [1.807, 2.05) is 47.9 Å². The fourth-order valence-corrected chi connectivity index (χ4v) is 6.88. The van der Waals surface area contributed by atoms with Gasteiger partial charge in [0.05, 0.1) is 36.9 Å². The van der Waals surface area contributed by atoms with E-state index in [1.165, 1.54) is 22.7 Å². The van der Waals surface area contributed by atoms with Gasteiger partial charge in [0.15, 0.2) is 4.80 Å². The molecular weight excluding hydrogens is 643 g/mol. The van der Waals surface area contributed by atoms with Gasteiger partial charge in [-0.15, -0.1) is 11.3 Å². The minimum absolute atomic E-state index is 0.220. The first kappa shape index (κ1) is 27.9. The lowest BCUT2D eigenvalue weighted by Gasteiger charge is -2.23. The van der Waals surface area contributed by atoms with Crippen molar-refractivity contribution in [3.63, 3.8) is 0 Å². The summed E-state index contributed by atoms with van der Waals surface area (Å²) in [7, 11) is 0. The average molecular weight is 664 g/mol. The predicted molar refractivity (Wildman–Crippen MR) is 160 cm³/mol. The molecule has 0 spiro atoms. The van der Waals surface area contributed by atoms with Crippen molar-refractivity contribution in [3.05, 3.63) is 115 Å². The highest BCUT2D eigenvalue weighted by molar-refractivity contribution is 9.10. The Balaban J connectivity index is 1.48. The highest BCUT2D eigenvalue weighted by atomic mass is 79.9. The van der Waals surface area contributed by atoms with Crippen molar-refractivity contribution in [2.75, 3.05) is 6.61 Å². The molecule has 6 nitrogen and oxygen atoms in total. The number of aromatic nitrogens is 1. The van der Waals surface area contributed by atoms with Crippen molar-refractivity contribution in [1.29, 1.82) is 0 Å². The molecule has 1 aliphatic heterocycles. The smallest absolute Gasteiger partial charge is 0.338 e. The number of carbonyl (C=O) groups excluding carboxylic acids is 1. The van der Waals surface area contributed by atoms with Crippen LogP contribution in [0.15, 0.2) is 79.4 Å². The first-order chi connectivity index (χ1) is 18.8. The van der Waals surface area contributed by atoms with E-state index < -0.39 is 12.0 Å². The number of carbonyl (C=O) groups is 1. The summed E-state index contributed by atoms with van der Waals surface area (Å²) in [5.74, 6) is 0.180. The molecule has 0 saturated carbocycles. The molecule has 11 heteroatoms. The Labute approximate surface area is 250 Å². The van der Waals surface area contributed by atoms with Gasteiger partial charge in [0, 0.05) is 4.88 Å². The van der Waals surface area contributed by atoms with Crippen LogP contribution in [0.4, 0.5) is 0 Å². The average Bonchev–Trinajstić information content (AvgIpc) is 3.53. The summed E-state index contributed by atoms with van der Waals surface area (Å²) in [5, 5.41) is 2.89. The molecule has 0 saturated heterocycles. The summed E-state index contributed by atoms with van der Waals surface area (Å²) >= 11 is 18.4. The summed E-state index contributed by atoms with van der Waals surface area (Å²) in [5.41, 5.74) is 2.40. The first-order valence-corrected chi connectivity index (χ1v) is 15.1. The zero-order valence-corrected chi connectivity index (χ0v) is 25.5. The summed E-state index contributed by atoms with van der Waals surface area (Å²) in [6.45, 7) is 4.08. The van der Waals surface area contributed by atoms with Crippen molar-refractivity contribution in [2.24, 2.45) is 4.99 Å². The SMILES string of the molecule is CCOC(=O)C1=C(C)N=c2s/c(=C\c3ccc(OCc4ccc(Cl)c(Cl)c4)c(Br)c3)c(=O)n2[C@H]1c1cccs1. The number of thiophene rings is 1. The van der Waals surface area contributed by atoms with Crippen LogP contribution < -0.4 is 19.6 Å². The second-order valence-electron chi connectivity index (χ2n) is 8.54. The molecule has 0 unspecified atom stereocenters. The van der Waals surface area contributed by atoms with Gasteiger partial charge in [0.2, 0.25) is 0 Å². The van der Waals surface area contributed by atoms with Crippen molar-refractivity contribution in [1.82, 2.24) is 4.57 Å². The van der Waals surface area contributed by atoms with Crippen LogP contribution in [-0.4, -0.2) is 17.1 Å². The zero-order chi connectivity index (χ0) is 27.7. The number of fused-ring (bicyclic) bond motifs is 1.